The molecule has 1 N–H and O–H groups in total. The molecule has 1 aliphatic carbocycles. The van der Waals surface area contributed by atoms with Gasteiger partial charge in [0.1, 0.15) is 23.6 Å². The number of nitrogens with one attached hydrogen (secondary N) is 1. The summed E-state index contributed by atoms with van der Waals surface area (Å²) in [6.45, 7) is 6.91. The second-order valence-electron chi connectivity index (χ2n) is 6.18. The van der Waals surface area contributed by atoms with Crippen LogP contribution in [0.5, 0.6) is 0 Å². The summed E-state index contributed by atoms with van der Waals surface area (Å²) >= 11 is 0. The number of carbonyl (C=O) groups excluding carboxylic acids is 3. The molecule has 2 rings (SSSR count). The van der Waals surface area contributed by atoms with Crippen molar-refractivity contribution in [3.8, 4) is 0 Å². The van der Waals surface area contributed by atoms with Crippen LogP contribution in [0.2, 0.25) is 0 Å². The Morgan fingerprint density at radius 2 is 2.21 bits per heavy atom. The Morgan fingerprint density at radius 1 is 1.46 bits per heavy atom. The average Bonchev–Trinajstić information content (AvgIpc) is 2.93. The molecule has 1 amide bonds. The van der Waals surface area contributed by atoms with Gasteiger partial charge in [-0.3, -0.25) is 9.59 Å². The second kappa shape index (κ2) is 7.43. The predicted molar refractivity (Wildman–Crippen MR) is 90.6 cm³/mol. The highest BCUT2D eigenvalue weighted by molar-refractivity contribution is 6.08. The van der Waals surface area contributed by atoms with E-state index in [9.17, 15) is 14.4 Å². The maximum atomic E-state index is 12.6. The number of carbonyl (C=O) groups is 3. The molecule has 0 heterocycles. The van der Waals surface area contributed by atoms with Crippen molar-refractivity contribution < 1.29 is 19.1 Å². The van der Waals surface area contributed by atoms with Gasteiger partial charge >= 0.3 is 6.09 Å². The fraction of sp³-hybridized carbons (Fsp3) is 0.421. The third-order valence-corrected chi connectivity index (χ3v) is 4.56. The molecule has 0 radical (unpaired) electrons. The van der Waals surface area contributed by atoms with E-state index in [2.05, 4.69) is 11.9 Å². The summed E-state index contributed by atoms with van der Waals surface area (Å²) in [7, 11) is 0. The zero-order valence-corrected chi connectivity index (χ0v) is 14.1. The number of hydrogen-bond donors (Lipinski definition) is 1. The Labute approximate surface area is 142 Å². The normalized spacial score (nSPS) is 21.2. The maximum Gasteiger partial charge on any atom is 0.407 e. The Balaban J connectivity index is 2.45. The molecule has 1 aliphatic rings. The predicted octanol–water partition coefficient (Wildman–Crippen LogP) is 3.28. The molecule has 2 unspecified atom stereocenters. The molecule has 0 spiro atoms. The van der Waals surface area contributed by atoms with Crippen molar-refractivity contribution in [3.63, 3.8) is 0 Å². The lowest BCUT2D eigenvalue weighted by atomic mass is 9.71. The van der Waals surface area contributed by atoms with Crippen molar-refractivity contribution in [1.82, 2.24) is 5.32 Å². The van der Waals surface area contributed by atoms with Crippen LogP contribution < -0.4 is 5.32 Å². The molecule has 5 nitrogen and oxygen atoms in total. The van der Waals surface area contributed by atoms with Crippen molar-refractivity contribution in [2.24, 2.45) is 5.41 Å². The highest BCUT2D eigenvalue weighted by Crippen LogP contribution is 2.46. The van der Waals surface area contributed by atoms with Crippen LogP contribution in [0, 0.1) is 12.3 Å². The minimum atomic E-state index is -1.22. The van der Waals surface area contributed by atoms with Crippen molar-refractivity contribution in [2.45, 2.75) is 39.2 Å². The third kappa shape index (κ3) is 3.40. The van der Waals surface area contributed by atoms with Crippen molar-refractivity contribution in [1.29, 1.82) is 0 Å². The minimum Gasteiger partial charge on any atom is -0.445 e. The summed E-state index contributed by atoms with van der Waals surface area (Å²) in [5, 5.41) is 2.74. The quantitative estimate of drug-likeness (QED) is 0.642. The number of Topliss-reactive ketones (excluding diaryl/α,β-unsaturated/α-hetero) is 2. The highest BCUT2D eigenvalue weighted by atomic mass is 16.5. The van der Waals surface area contributed by atoms with Crippen LogP contribution in [0.15, 0.2) is 36.9 Å². The van der Waals surface area contributed by atoms with Gasteiger partial charge in [-0.05, 0) is 32.3 Å². The highest BCUT2D eigenvalue weighted by Gasteiger charge is 2.53. The molecular formula is C19H23NO4. The Morgan fingerprint density at radius 3 is 2.75 bits per heavy atom. The van der Waals surface area contributed by atoms with Crippen molar-refractivity contribution in [2.75, 3.05) is 6.61 Å². The molecule has 1 aromatic rings. The Hall–Kier alpha value is -2.43. The number of ketones is 2. The number of alkyl carbamates (subject to hydrolysis) is 1. The largest absolute Gasteiger partial charge is 0.445 e. The van der Waals surface area contributed by atoms with E-state index in [1.165, 1.54) is 13.0 Å². The summed E-state index contributed by atoms with van der Waals surface area (Å²) in [6, 6.07) is 6.74. The Kier molecular flexibility index (Phi) is 5.54. The zero-order chi connectivity index (χ0) is 17.7. The van der Waals surface area contributed by atoms with Gasteiger partial charge in [-0.25, -0.2) is 4.79 Å². The fourth-order valence-corrected chi connectivity index (χ4v) is 3.41. The summed E-state index contributed by atoms with van der Waals surface area (Å²) in [5.74, 6) is -0.342. The van der Waals surface area contributed by atoms with Gasteiger partial charge < -0.3 is 10.1 Å². The first-order valence-electron chi connectivity index (χ1n) is 8.07. The van der Waals surface area contributed by atoms with Gasteiger partial charge in [0.2, 0.25) is 0 Å². The van der Waals surface area contributed by atoms with Gasteiger partial charge in [0.15, 0.2) is 0 Å². The van der Waals surface area contributed by atoms with Gasteiger partial charge in [-0.1, -0.05) is 42.5 Å². The van der Waals surface area contributed by atoms with Crippen LogP contribution in [0.1, 0.15) is 43.4 Å². The van der Waals surface area contributed by atoms with E-state index in [1.54, 1.807) is 0 Å². The van der Waals surface area contributed by atoms with Gasteiger partial charge in [0.05, 0.1) is 6.04 Å². The van der Waals surface area contributed by atoms with E-state index >= 15 is 0 Å². The van der Waals surface area contributed by atoms with E-state index < -0.39 is 17.6 Å². The lowest BCUT2D eigenvalue weighted by Crippen LogP contribution is -2.48. The van der Waals surface area contributed by atoms with Crippen LogP contribution in [0.25, 0.3) is 0 Å². The molecule has 0 aliphatic heterocycles. The van der Waals surface area contributed by atoms with Gasteiger partial charge in [0, 0.05) is 6.42 Å². The number of benzene rings is 1. The SMILES string of the molecule is C=CCOC(=O)NC(c1cccc(C)c1)C1(C(C)=O)CCCC1=O. The molecule has 128 valence electrons. The molecule has 0 bridgehead atoms. The number of ether oxygens (including phenoxy) is 1. The van der Waals surface area contributed by atoms with Crippen molar-refractivity contribution in [3.05, 3.63) is 48.0 Å². The molecule has 5 heteroatoms. The first kappa shape index (κ1) is 17.9. The minimum absolute atomic E-state index is 0.0629. The number of hydrogen-bond acceptors (Lipinski definition) is 4. The van der Waals surface area contributed by atoms with E-state index in [0.29, 0.717) is 19.3 Å². The smallest absolute Gasteiger partial charge is 0.407 e. The first-order chi connectivity index (χ1) is 11.4. The standard InChI is InChI=1S/C19H23NO4/c1-4-11-24-18(23)20-17(15-8-5-7-13(2)12-15)19(14(3)21)10-6-9-16(19)22/h4-5,7-8,12,17H,1,6,9-11H2,2-3H3,(H,20,23). The van der Waals surface area contributed by atoms with E-state index in [-0.39, 0.29) is 18.2 Å². The van der Waals surface area contributed by atoms with E-state index in [0.717, 1.165) is 11.1 Å². The number of aryl methyl sites for hydroxylation is 1. The third-order valence-electron chi connectivity index (χ3n) is 4.56. The Bertz CT molecular complexity index is 667. The van der Waals surface area contributed by atoms with E-state index in [1.807, 2.05) is 31.2 Å². The number of rotatable bonds is 6. The molecule has 1 saturated carbocycles. The first-order valence-corrected chi connectivity index (χ1v) is 8.07. The molecule has 0 saturated heterocycles. The molecule has 24 heavy (non-hydrogen) atoms. The lowest BCUT2D eigenvalue weighted by molar-refractivity contribution is -0.139. The molecule has 2 atom stereocenters. The molecular weight excluding hydrogens is 306 g/mol. The summed E-state index contributed by atoms with van der Waals surface area (Å²) in [4.78, 5) is 37.1. The lowest BCUT2D eigenvalue weighted by Gasteiger charge is -2.34. The zero-order valence-electron chi connectivity index (χ0n) is 14.1. The van der Waals surface area contributed by atoms with Crippen LogP contribution in [0.4, 0.5) is 4.79 Å². The maximum absolute atomic E-state index is 12.6. The van der Waals surface area contributed by atoms with Crippen LogP contribution in [-0.2, 0) is 14.3 Å². The van der Waals surface area contributed by atoms with E-state index in [4.69, 9.17) is 4.74 Å². The summed E-state index contributed by atoms with van der Waals surface area (Å²) < 4.78 is 5.00. The molecule has 1 fully saturated rings. The van der Waals surface area contributed by atoms with Gasteiger partial charge in [-0.2, -0.15) is 0 Å². The summed E-state index contributed by atoms with van der Waals surface area (Å²) in [5.41, 5.74) is 0.500. The fourth-order valence-electron chi connectivity index (χ4n) is 3.41. The monoisotopic (exact) mass is 329 g/mol. The van der Waals surface area contributed by atoms with Gasteiger partial charge in [-0.15, -0.1) is 0 Å². The van der Waals surface area contributed by atoms with Crippen LogP contribution >= 0.6 is 0 Å². The van der Waals surface area contributed by atoms with Gasteiger partial charge in [0.25, 0.3) is 0 Å². The second-order valence-corrected chi connectivity index (χ2v) is 6.18. The van der Waals surface area contributed by atoms with Crippen molar-refractivity contribution >= 4 is 17.7 Å². The molecule has 1 aromatic carbocycles. The number of amides is 1. The van der Waals surface area contributed by atoms with Crippen LogP contribution in [-0.4, -0.2) is 24.3 Å². The molecule has 0 aromatic heterocycles. The average molecular weight is 329 g/mol. The van der Waals surface area contributed by atoms with Crippen LogP contribution in [0.3, 0.4) is 0 Å². The summed E-state index contributed by atoms with van der Waals surface area (Å²) in [6.07, 6.45) is 2.22. The topological polar surface area (TPSA) is 72.5 Å².